The topological polar surface area (TPSA) is 82.5 Å². The van der Waals surface area contributed by atoms with Crippen LogP contribution in [0.2, 0.25) is 0 Å². The van der Waals surface area contributed by atoms with E-state index in [0.717, 1.165) is 54.3 Å². The van der Waals surface area contributed by atoms with Gasteiger partial charge in [-0.25, -0.2) is 0 Å². The second-order valence-corrected chi connectivity index (χ2v) is 14.4. The fraction of sp³-hybridized carbons (Fsp3) is 0.500. The Morgan fingerprint density at radius 1 is 0.933 bits per heavy atom. The number of nitrogens with zero attached hydrogens (tertiary/aromatic N) is 2. The second kappa shape index (κ2) is 10.3. The fourth-order valence-electron chi connectivity index (χ4n) is 9.84. The predicted octanol–water partition coefficient (Wildman–Crippen LogP) is 4.78. The normalized spacial score (nSPS) is 33.9. The van der Waals surface area contributed by atoms with Gasteiger partial charge in [-0.05, 0) is 80.2 Å². The molecule has 6 aliphatic rings. The van der Waals surface area contributed by atoms with Crippen LogP contribution in [0.4, 0.5) is 0 Å². The van der Waals surface area contributed by atoms with Gasteiger partial charge in [0.2, 0.25) is 5.91 Å². The average Bonchev–Trinajstić information content (AvgIpc) is 3.70. The van der Waals surface area contributed by atoms with Gasteiger partial charge in [0.25, 0.3) is 0 Å². The summed E-state index contributed by atoms with van der Waals surface area (Å²) in [7, 11) is 0. The first-order valence-corrected chi connectivity index (χ1v) is 17.0. The number of likely N-dealkylation sites (tertiary alicyclic amines) is 2. The summed E-state index contributed by atoms with van der Waals surface area (Å²) in [4.78, 5) is 18.7. The number of hydrogen-bond acceptors (Lipinski definition) is 6. The molecule has 3 aliphatic heterocycles. The van der Waals surface area contributed by atoms with Crippen LogP contribution >= 0.6 is 0 Å². The van der Waals surface area contributed by atoms with Gasteiger partial charge in [-0.15, -0.1) is 0 Å². The van der Waals surface area contributed by atoms with Crippen LogP contribution in [0.5, 0.6) is 11.5 Å². The average molecular weight is 607 g/mol. The Labute approximate surface area is 264 Å². The maximum Gasteiger partial charge on any atom is 0.229 e. The first-order chi connectivity index (χ1) is 22.0. The van der Waals surface area contributed by atoms with Gasteiger partial charge in [0, 0.05) is 24.7 Å². The van der Waals surface area contributed by atoms with Crippen molar-refractivity contribution in [2.45, 2.75) is 86.9 Å². The molecule has 9 rings (SSSR count). The zero-order valence-corrected chi connectivity index (χ0v) is 25.7. The fourth-order valence-corrected chi connectivity index (χ4v) is 9.84. The minimum atomic E-state index is -0.941. The molecular weight excluding hydrogens is 564 g/mol. The summed E-state index contributed by atoms with van der Waals surface area (Å²) < 4.78 is 13.5. The molecule has 45 heavy (non-hydrogen) atoms. The molecule has 4 fully saturated rings. The number of aliphatic hydroxyl groups is 2. The Hall–Kier alpha value is -3.39. The summed E-state index contributed by atoms with van der Waals surface area (Å²) in [6, 6.07) is 23.8. The highest BCUT2D eigenvalue weighted by Gasteiger charge is 2.74. The quantitative estimate of drug-likeness (QED) is 0.384. The van der Waals surface area contributed by atoms with Gasteiger partial charge in [0.15, 0.2) is 11.5 Å². The van der Waals surface area contributed by atoms with Gasteiger partial charge in [-0.3, -0.25) is 9.69 Å². The van der Waals surface area contributed by atoms with Crippen LogP contribution < -0.4 is 9.47 Å². The first-order valence-electron chi connectivity index (χ1n) is 17.0. The molecule has 1 amide bonds. The van der Waals surface area contributed by atoms with E-state index in [2.05, 4.69) is 29.2 Å². The van der Waals surface area contributed by atoms with E-state index in [1.54, 1.807) is 0 Å². The van der Waals surface area contributed by atoms with E-state index in [4.69, 9.17) is 9.47 Å². The summed E-state index contributed by atoms with van der Waals surface area (Å²) in [5.41, 5.74) is 2.70. The standard InChI is InChI=1S/C38H42N2O5/c41-33(26-9-5-2-6-10-26)28-16-19-40(36(28)42)29-15-17-38(43)31-21-27-13-14-30(44-23-25-7-3-1-4-8-25)34-32(27)37(38,35(29)45-34)18-20-39(31)22-24-11-12-24/h1-10,13-14,24,28-29,31,33,35,41,43H,11-12,15-23H2/t28?,29-,31+,33?,35-,37-,38?/m0/s1. The molecule has 7 nitrogen and oxygen atoms in total. The second-order valence-electron chi connectivity index (χ2n) is 14.4. The summed E-state index contributed by atoms with van der Waals surface area (Å²) in [6.45, 7) is 3.00. The van der Waals surface area contributed by atoms with Crippen molar-refractivity contribution in [3.05, 3.63) is 95.1 Å². The van der Waals surface area contributed by atoms with Crippen molar-refractivity contribution in [2.75, 3.05) is 19.6 Å². The molecule has 0 radical (unpaired) electrons. The molecule has 0 aromatic heterocycles. The maximum atomic E-state index is 14.1. The molecule has 3 unspecified atom stereocenters. The van der Waals surface area contributed by atoms with Crippen molar-refractivity contribution >= 4 is 5.91 Å². The van der Waals surface area contributed by atoms with Crippen LogP contribution in [0.15, 0.2) is 72.8 Å². The Morgan fingerprint density at radius 3 is 2.49 bits per heavy atom. The van der Waals surface area contributed by atoms with Crippen molar-refractivity contribution in [3.8, 4) is 11.5 Å². The highest BCUT2D eigenvalue weighted by atomic mass is 16.5. The van der Waals surface area contributed by atoms with Crippen LogP contribution in [0, 0.1) is 11.8 Å². The molecule has 1 spiro atoms. The third-order valence-electron chi connectivity index (χ3n) is 12.2. The SMILES string of the molecule is O=C1C(C(O)c2ccccc2)CCN1[C@H]1CCC2(O)[C@H]3Cc4ccc(OCc5ccccc5)c5c4[C@@]2(CCN3CC2CC2)[C@H]1O5. The number of amides is 1. The van der Waals surface area contributed by atoms with E-state index in [1.807, 2.05) is 53.4 Å². The van der Waals surface area contributed by atoms with Crippen LogP contribution in [0.25, 0.3) is 0 Å². The lowest BCUT2D eigenvalue weighted by Crippen LogP contribution is -2.78. The van der Waals surface area contributed by atoms with E-state index in [9.17, 15) is 15.0 Å². The lowest BCUT2D eigenvalue weighted by Gasteiger charge is -2.64. The van der Waals surface area contributed by atoms with Crippen molar-refractivity contribution in [3.63, 3.8) is 0 Å². The van der Waals surface area contributed by atoms with Gasteiger partial charge in [0.1, 0.15) is 12.7 Å². The molecule has 7 atom stereocenters. The zero-order chi connectivity index (χ0) is 30.3. The number of carbonyl (C=O) groups is 1. The Bertz CT molecular complexity index is 1610. The minimum Gasteiger partial charge on any atom is -0.485 e. The summed E-state index contributed by atoms with van der Waals surface area (Å²) in [5, 5.41) is 24.3. The van der Waals surface area contributed by atoms with E-state index in [0.29, 0.717) is 38.2 Å². The van der Waals surface area contributed by atoms with Crippen molar-refractivity contribution in [1.29, 1.82) is 0 Å². The van der Waals surface area contributed by atoms with Gasteiger partial charge >= 0.3 is 0 Å². The van der Waals surface area contributed by atoms with Crippen LogP contribution in [-0.2, 0) is 23.2 Å². The number of hydrogen-bond donors (Lipinski definition) is 2. The number of ether oxygens (including phenoxy) is 2. The predicted molar refractivity (Wildman–Crippen MR) is 169 cm³/mol. The van der Waals surface area contributed by atoms with Gasteiger partial charge < -0.3 is 24.6 Å². The molecule has 2 saturated carbocycles. The van der Waals surface area contributed by atoms with Crippen molar-refractivity contribution < 1.29 is 24.5 Å². The Kier molecular flexibility index (Phi) is 6.39. The summed E-state index contributed by atoms with van der Waals surface area (Å²) >= 11 is 0. The van der Waals surface area contributed by atoms with Crippen molar-refractivity contribution in [1.82, 2.24) is 9.80 Å². The van der Waals surface area contributed by atoms with E-state index in [-0.39, 0.29) is 24.1 Å². The van der Waals surface area contributed by atoms with Gasteiger partial charge in [-0.2, -0.15) is 0 Å². The molecule has 3 aromatic carbocycles. The number of rotatable bonds is 8. The van der Waals surface area contributed by atoms with Crippen LogP contribution in [0.3, 0.4) is 0 Å². The molecule has 3 heterocycles. The van der Waals surface area contributed by atoms with Crippen LogP contribution in [-0.4, -0.2) is 69.3 Å². The molecular formula is C38H42N2O5. The van der Waals surface area contributed by atoms with E-state index in [1.165, 1.54) is 18.4 Å². The molecule has 3 aromatic rings. The first kappa shape index (κ1) is 27.9. The number of benzene rings is 3. The monoisotopic (exact) mass is 606 g/mol. The summed E-state index contributed by atoms with van der Waals surface area (Å²) in [5.74, 6) is 1.74. The Balaban J connectivity index is 1.09. The molecule has 2 N–H and O–H groups in total. The highest BCUT2D eigenvalue weighted by Crippen LogP contribution is 2.66. The molecule has 3 aliphatic carbocycles. The number of carbonyl (C=O) groups excluding carboxylic acids is 1. The maximum absolute atomic E-state index is 14.1. The van der Waals surface area contributed by atoms with Crippen LogP contribution in [0.1, 0.15) is 66.9 Å². The third-order valence-corrected chi connectivity index (χ3v) is 12.2. The van der Waals surface area contributed by atoms with Crippen molar-refractivity contribution in [2.24, 2.45) is 11.8 Å². The third kappa shape index (κ3) is 4.09. The lowest BCUT2D eigenvalue weighted by molar-refractivity contribution is -0.201. The van der Waals surface area contributed by atoms with E-state index < -0.39 is 23.0 Å². The van der Waals surface area contributed by atoms with E-state index >= 15 is 0 Å². The number of piperidine rings is 1. The smallest absolute Gasteiger partial charge is 0.229 e. The molecule has 2 saturated heterocycles. The number of aliphatic hydroxyl groups excluding tert-OH is 1. The van der Waals surface area contributed by atoms with Gasteiger partial charge in [-0.1, -0.05) is 66.7 Å². The zero-order valence-electron chi connectivity index (χ0n) is 25.7. The Morgan fingerprint density at radius 2 is 1.71 bits per heavy atom. The van der Waals surface area contributed by atoms with Gasteiger partial charge in [0.05, 0.1) is 29.1 Å². The largest absolute Gasteiger partial charge is 0.485 e. The highest BCUT2D eigenvalue weighted by molar-refractivity contribution is 5.82. The molecule has 7 heteroatoms. The molecule has 234 valence electrons. The summed E-state index contributed by atoms with van der Waals surface area (Å²) in [6.07, 6.45) is 4.90. The minimum absolute atomic E-state index is 0.00273. The lowest BCUT2D eigenvalue weighted by atomic mass is 9.48. The molecule has 2 bridgehead atoms.